The number of hydrogen-bond donors (Lipinski definition) is 0. The summed E-state index contributed by atoms with van der Waals surface area (Å²) >= 11 is 0. The van der Waals surface area contributed by atoms with Crippen LogP contribution in [0.4, 0.5) is 4.79 Å². The van der Waals surface area contributed by atoms with Crippen molar-refractivity contribution >= 4 is 13.8 Å². The maximum absolute atomic E-state index is 12.3. The molecule has 1 atom stereocenters. The summed E-state index contributed by atoms with van der Waals surface area (Å²) in [5.41, 5.74) is -0.252. The standard InChI is InChI=1S/C12H25O6P/c1-9(2)17-12(13)15-7-8-16-19(14,11(5)6)18-10(3)4/h9-11H,7-8H2,1-6H3. The van der Waals surface area contributed by atoms with Crippen LogP contribution in [0.1, 0.15) is 41.5 Å². The van der Waals surface area contributed by atoms with Gasteiger partial charge in [-0.3, -0.25) is 4.57 Å². The summed E-state index contributed by atoms with van der Waals surface area (Å²) in [6.07, 6.45) is -1.19. The fourth-order valence-corrected chi connectivity index (χ4v) is 2.63. The predicted molar refractivity (Wildman–Crippen MR) is 72.5 cm³/mol. The molecule has 0 aromatic heterocycles. The molecule has 0 fully saturated rings. The van der Waals surface area contributed by atoms with E-state index in [9.17, 15) is 9.36 Å². The lowest BCUT2D eigenvalue weighted by atomic mass is 10.5. The highest BCUT2D eigenvalue weighted by molar-refractivity contribution is 7.54. The third-order valence-electron chi connectivity index (χ3n) is 1.90. The van der Waals surface area contributed by atoms with E-state index in [0.29, 0.717) is 0 Å². The summed E-state index contributed by atoms with van der Waals surface area (Å²) in [5.74, 6) is 0. The van der Waals surface area contributed by atoms with E-state index in [2.05, 4.69) is 0 Å². The molecule has 0 spiro atoms. The summed E-state index contributed by atoms with van der Waals surface area (Å²) in [4.78, 5) is 11.1. The number of carbonyl (C=O) groups excluding carboxylic acids is 1. The molecule has 0 saturated carbocycles. The Bertz CT molecular complexity index is 313. The average Bonchev–Trinajstić information content (AvgIpc) is 2.22. The molecule has 0 aliphatic rings. The predicted octanol–water partition coefficient (Wildman–Crippen LogP) is 3.59. The van der Waals surface area contributed by atoms with E-state index in [1.54, 1.807) is 41.5 Å². The zero-order chi connectivity index (χ0) is 15.1. The highest BCUT2D eigenvalue weighted by atomic mass is 31.2. The van der Waals surface area contributed by atoms with E-state index >= 15 is 0 Å². The van der Waals surface area contributed by atoms with E-state index in [4.69, 9.17) is 18.5 Å². The van der Waals surface area contributed by atoms with Crippen molar-refractivity contribution in [3.63, 3.8) is 0 Å². The van der Waals surface area contributed by atoms with E-state index in [1.807, 2.05) is 0 Å². The topological polar surface area (TPSA) is 71.1 Å². The summed E-state index contributed by atoms with van der Waals surface area (Å²) < 4.78 is 32.5. The molecule has 0 heterocycles. The fourth-order valence-electron chi connectivity index (χ4n) is 1.11. The van der Waals surface area contributed by atoms with Crippen molar-refractivity contribution in [2.24, 2.45) is 0 Å². The smallest absolute Gasteiger partial charge is 0.432 e. The van der Waals surface area contributed by atoms with Crippen LogP contribution in [0.5, 0.6) is 0 Å². The maximum Gasteiger partial charge on any atom is 0.508 e. The zero-order valence-electron chi connectivity index (χ0n) is 12.5. The van der Waals surface area contributed by atoms with Crippen LogP contribution < -0.4 is 0 Å². The summed E-state index contributed by atoms with van der Waals surface area (Å²) in [6.45, 7) is 10.5. The molecule has 7 heteroatoms. The molecule has 6 nitrogen and oxygen atoms in total. The van der Waals surface area contributed by atoms with E-state index in [1.165, 1.54) is 0 Å². The van der Waals surface area contributed by atoms with Crippen molar-refractivity contribution in [3.05, 3.63) is 0 Å². The fraction of sp³-hybridized carbons (Fsp3) is 0.917. The largest absolute Gasteiger partial charge is 0.508 e. The van der Waals surface area contributed by atoms with Crippen LogP contribution in [0.3, 0.4) is 0 Å². The first-order chi connectivity index (χ1) is 8.67. The van der Waals surface area contributed by atoms with Crippen molar-refractivity contribution < 1.29 is 27.9 Å². The van der Waals surface area contributed by atoms with Crippen LogP contribution in [0.2, 0.25) is 0 Å². The number of ether oxygens (including phenoxy) is 2. The molecule has 0 amide bonds. The van der Waals surface area contributed by atoms with Gasteiger partial charge in [0, 0.05) is 0 Å². The quantitative estimate of drug-likeness (QED) is 0.387. The molecule has 0 N–H and O–H groups in total. The minimum absolute atomic E-state index is 0.00930. The first kappa shape index (κ1) is 18.4. The Balaban J connectivity index is 4.08. The van der Waals surface area contributed by atoms with Gasteiger partial charge < -0.3 is 18.5 Å². The van der Waals surface area contributed by atoms with Crippen molar-refractivity contribution in [2.75, 3.05) is 13.2 Å². The Kier molecular flexibility index (Phi) is 8.30. The maximum atomic E-state index is 12.3. The van der Waals surface area contributed by atoms with Crippen LogP contribution in [-0.4, -0.2) is 37.2 Å². The molecular weight excluding hydrogens is 271 g/mol. The molecule has 0 radical (unpaired) electrons. The van der Waals surface area contributed by atoms with Gasteiger partial charge in [-0.25, -0.2) is 4.79 Å². The Morgan fingerprint density at radius 2 is 1.58 bits per heavy atom. The summed E-state index contributed by atoms with van der Waals surface area (Å²) in [5, 5.41) is 0. The molecule has 1 unspecified atom stereocenters. The number of rotatable bonds is 8. The minimum atomic E-state index is -3.17. The van der Waals surface area contributed by atoms with Crippen LogP contribution in [0.15, 0.2) is 0 Å². The molecule has 0 aromatic rings. The summed E-state index contributed by atoms with van der Waals surface area (Å²) in [7, 11) is -3.17. The van der Waals surface area contributed by atoms with E-state index in [-0.39, 0.29) is 31.1 Å². The molecule has 19 heavy (non-hydrogen) atoms. The monoisotopic (exact) mass is 296 g/mol. The van der Waals surface area contributed by atoms with Crippen molar-refractivity contribution in [1.29, 1.82) is 0 Å². The lowest BCUT2D eigenvalue weighted by Gasteiger charge is -2.23. The number of carbonyl (C=O) groups is 1. The molecular formula is C12H25O6P. The molecule has 0 aliphatic carbocycles. The van der Waals surface area contributed by atoms with Gasteiger partial charge in [0.25, 0.3) is 0 Å². The van der Waals surface area contributed by atoms with Crippen molar-refractivity contribution in [1.82, 2.24) is 0 Å². The first-order valence-corrected chi connectivity index (χ1v) is 8.04. The average molecular weight is 296 g/mol. The molecule has 0 aliphatic heterocycles. The second kappa shape index (κ2) is 8.56. The lowest BCUT2D eigenvalue weighted by molar-refractivity contribution is 0.0250. The van der Waals surface area contributed by atoms with Crippen molar-refractivity contribution in [2.45, 2.75) is 59.4 Å². The third-order valence-corrected chi connectivity index (χ3v) is 4.42. The molecule has 114 valence electrons. The lowest BCUT2D eigenvalue weighted by Crippen LogP contribution is -2.17. The van der Waals surface area contributed by atoms with Crippen LogP contribution >= 0.6 is 7.60 Å². The van der Waals surface area contributed by atoms with Crippen LogP contribution in [0.25, 0.3) is 0 Å². The SMILES string of the molecule is CC(C)OC(=O)OCCOP(=O)(OC(C)C)C(C)C. The first-order valence-electron chi connectivity index (χ1n) is 6.43. The highest BCUT2D eigenvalue weighted by Crippen LogP contribution is 2.53. The van der Waals surface area contributed by atoms with Gasteiger partial charge >= 0.3 is 13.8 Å². The Labute approximate surface area is 115 Å². The van der Waals surface area contributed by atoms with Gasteiger partial charge in [-0.05, 0) is 27.7 Å². The van der Waals surface area contributed by atoms with Crippen LogP contribution in [0, 0.1) is 0 Å². The Hall–Kier alpha value is -0.580. The van der Waals surface area contributed by atoms with Gasteiger partial charge in [-0.1, -0.05) is 13.8 Å². The summed E-state index contributed by atoms with van der Waals surface area (Å²) in [6, 6.07) is 0. The second-order valence-corrected chi connectivity index (χ2v) is 7.47. The second-order valence-electron chi connectivity index (χ2n) is 4.89. The van der Waals surface area contributed by atoms with Gasteiger partial charge in [0.1, 0.15) is 6.61 Å². The Morgan fingerprint density at radius 3 is 2.00 bits per heavy atom. The van der Waals surface area contributed by atoms with Gasteiger partial charge in [-0.15, -0.1) is 0 Å². The molecule has 0 aromatic carbocycles. The van der Waals surface area contributed by atoms with E-state index in [0.717, 1.165) is 0 Å². The van der Waals surface area contributed by atoms with Gasteiger partial charge in [-0.2, -0.15) is 0 Å². The van der Waals surface area contributed by atoms with Crippen molar-refractivity contribution in [3.8, 4) is 0 Å². The highest BCUT2D eigenvalue weighted by Gasteiger charge is 2.30. The van der Waals surface area contributed by atoms with Gasteiger partial charge in [0.2, 0.25) is 0 Å². The molecule has 0 bridgehead atoms. The molecule has 0 saturated heterocycles. The van der Waals surface area contributed by atoms with Gasteiger partial charge in [0.15, 0.2) is 0 Å². The number of hydrogen-bond acceptors (Lipinski definition) is 6. The normalized spacial score (nSPS) is 14.8. The molecule has 0 rings (SSSR count). The van der Waals surface area contributed by atoms with Crippen LogP contribution in [-0.2, 0) is 23.1 Å². The Morgan fingerprint density at radius 1 is 1.00 bits per heavy atom. The minimum Gasteiger partial charge on any atom is -0.432 e. The van der Waals surface area contributed by atoms with Gasteiger partial charge in [0.05, 0.1) is 24.5 Å². The third kappa shape index (κ3) is 8.24. The van der Waals surface area contributed by atoms with E-state index < -0.39 is 13.8 Å². The zero-order valence-corrected chi connectivity index (χ0v) is 13.4.